The van der Waals surface area contributed by atoms with Crippen molar-refractivity contribution >= 4 is 5.91 Å². The topological polar surface area (TPSA) is 85.6 Å². The van der Waals surface area contributed by atoms with Gasteiger partial charge in [0.15, 0.2) is 0 Å². The zero-order valence-electron chi connectivity index (χ0n) is 14.1. The second-order valence-corrected chi connectivity index (χ2v) is 6.27. The number of nitrogens with zero attached hydrogens (tertiary/aromatic N) is 5. The Morgan fingerprint density at radius 1 is 1.28 bits per heavy atom. The van der Waals surface area contributed by atoms with Gasteiger partial charge in [-0.3, -0.25) is 9.78 Å². The fourth-order valence-electron chi connectivity index (χ4n) is 3.23. The van der Waals surface area contributed by atoms with E-state index in [1.807, 2.05) is 13.0 Å². The largest absolute Gasteiger partial charge is 0.345 e. The molecule has 7 nitrogen and oxygen atoms in total. The van der Waals surface area contributed by atoms with E-state index in [1.54, 1.807) is 25.4 Å². The fraction of sp³-hybridized carbons (Fsp3) is 0.278. The van der Waals surface area contributed by atoms with Crippen molar-refractivity contribution in [3.8, 4) is 11.4 Å². The molecule has 4 rings (SSSR count). The molecule has 0 bridgehead atoms. The quantitative estimate of drug-likeness (QED) is 0.792. The van der Waals surface area contributed by atoms with Gasteiger partial charge in [-0.15, -0.1) is 10.2 Å². The summed E-state index contributed by atoms with van der Waals surface area (Å²) in [4.78, 5) is 18.1. The van der Waals surface area contributed by atoms with E-state index in [9.17, 15) is 4.79 Å². The molecule has 0 spiro atoms. The number of hydrogen-bond acceptors (Lipinski definition) is 5. The average Bonchev–Trinajstić information content (AvgIpc) is 3.21. The molecule has 1 aliphatic carbocycles. The van der Waals surface area contributed by atoms with E-state index in [-0.39, 0.29) is 11.9 Å². The molecule has 0 saturated heterocycles. The Hall–Kier alpha value is -3.09. The van der Waals surface area contributed by atoms with Crippen LogP contribution in [0.1, 0.15) is 39.6 Å². The van der Waals surface area contributed by atoms with Crippen molar-refractivity contribution < 1.29 is 4.79 Å². The van der Waals surface area contributed by atoms with E-state index >= 15 is 0 Å². The van der Waals surface area contributed by atoms with Crippen LogP contribution in [0.15, 0.2) is 36.5 Å². The monoisotopic (exact) mass is 334 g/mol. The van der Waals surface area contributed by atoms with Gasteiger partial charge in [0.1, 0.15) is 0 Å². The summed E-state index contributed by atoms with van der Waals surface area (Å²) in [7, 11) is 1.75. The van der Waals surface area contributed by atoms with Crippen LogP contribution in [0.25, 0.3) is 11.4 Å². The Kier molecular flexibility index (Phi) is 3.76. The maximum absolute atomic E-state index is 12.5. The highest BCUT2D eigenvalue weighted by Crippen LogP contribution is 2.33. The third kappa shape index (κ3) is 3.00. The summed E-state index contributed by atoms with van der Waals surface area (Å²) in [6.45, 7) is 1.88. The van der Waals surface area contributed by atoms with E-state index in [2.05, 4.69) is 37.8 Å². The maximum Gasteiger partial charge on any atom is 0.251 e. The summed E-state index contributed by atoms with van der Waals surface area (Å²) in [5.74, 6) is 0.549. The third-order valence-corrected chi connectivity index (χ3v) is 4.45. The molecule has 2 heterocycles. The minimum atomic E-state index is -0.0666. The zero-order chi connectivity index (χ0) is 17.4. The second kappa shape index (κ2) is 6.08. The molecule has 1 aliphatic rings. The third-order valence-electron chi connectivity index (χ3n) is 4.45. The molecule has 1 aromatic carbocycles. The predicted molar refractivity (Wildman–Crippen MR) is 91.7 cm³/mol. The summed E-state index contributed by atoms with van der Waals surface area (Å²) < 4.78 is 0. The molecule has 1 atom stereocenters. The van der Waals surface area contributed by atoms with Crippen LogP contribution in [0.3, 0.4) is 0 Å². The highest BCUT2D eigenvalue weighted by atomic mass is 16.1. The summed E-state index contributed by atoms with van der Waals surface area (Å²) in [6, 6.07) is 9.69. The van der Waals surface area contributed by atoms with Crippen molar-refractivity contribution in [3.63, 3.8) is 0 Å². The molecule has 126 valence electrons. The van der Waals surface area contributed by atoms with Gasteiger partial charge in [0.25, 0.3) is 5.91 Å². The number of rotatable bonds is 3. The lowest BCUT2D eigenvalue weighted by Crippen LogP contribution is -2.27. The number of nitrogens with one attached hydrogen (secondary N) is 1. The van der Waals surface area contributed by atoms with Crippen molar-refractivity contribution in [1.29, 1.82) is 0 Å². The van der Waals surface area contributed by atoms with Gasteiger partial charge in [-0.1, -0.05) is 12.1 Å². The molecule has 2 aromatic heterocycles. The Bertz CT molecular complexity index is 948. The Balaban J connectivity index is 1.55. The molecule has 25 heavy (non-hydrogen) atoms. The molecule has 0 radical (unpaired) electrons. The van der Waals surface area contributed by atoms with Crippen LogP contribution in [0.5, 0.6) is 0 Å². The Labute approximate surface area is 145 Å². The van der Waals surface area contributed by atoms with Crippen molar-refractivity contribution in [2.24, 2.45) is 7.05 Å². The number of fused-ring (bicyclic) bond motifs is 1. The van der Waals surface area contributed by atoms with Crippen molar-refractivity contribution in [1.82, 2.24) is 30.5 Å². The first-order chi connectivity index (χ1) is 12.1. The fourth-order valence-corrected chi connectivity index (χ4v) is 3.23. The van der Waals surface area contributed by atoms with Gasteiger partial charge in [0.2, 0.25) is 5.82 Å². The van der Waals surface area contributed by atoms with Crippen LogP contribution in [-0.4, -0.2) is 31.1 Å². The zero-order valence-corrected chi connectivity index (χ0v) is 14.1. The predicted octanol–water partition coefficient (Wildman–Crippen LogP) is 2.00. The van der Waals surface area contributed by atoms with E-state index in [4.69, 9.17) is 0 Å². The summed E-state index contributed by atoms with van der Waals surface area (Å²) in [6.07, 6.45) is 3.47. The lowest BCUT2D eigenvalue weighted by molar-refractivity contribution is 0.0936. The van der Waals surface area contributed by atoms with Gasteiger partial charge in [-0.2, -0.15) is 4.80 Å². The summed E-state index contributed by atoms with van der Waals surface area (Å²) in [5.41, 5.74) is 4.80. The lowest BCUT2D eigenvalue weighted by Gasteiger charge is -2.14. The van der Waals surface area contributed by atoms with Crippen LogP contribution in [0.4, 0.5) is 0 Å². The first-order valence-electron chi connectivity index (χ1n) is 8.21. The van der Waals surface area contributed by atoms with Crippen LogP contribution in [-0.2, 0) is 13.5 Å². The number of pyridine rings is 1. The smallest absolute Gasteiger partial charge is 0.251 e. The standard InChI is InChI=1S/C18H18N6O/c1-11-9-14(7-8-19-11)18(25)20-16-6-4-12-10-13(3-5-15(12)16)17-21-23-24(2)22-17/h3,5,7-10,16H,4,6H2,1-2H3,(H,20,25). The number of hydrogen-bond donors (Lipinski definition) is 1. The minimum Gasteiger partial charge on any atom is -0.345 e. The maximum atomic E-state index is 12.5. The lowest BCUT2D eigenvalue weighted by atomic mass is 10.0. The van der Waals surface area contributed by atoms with Gasteiger partial charge < -0.3 is 5.32 Å². The number of carbonyl (C=O) groups excluding carboxylic acids is 1. The molecule has 0 fully saturated rings. The molecule has 0 aliphatic heterocycles. The van der Waals surface area contributed by atoms with Crippen LogP contribution < -0.4 is 5.32 Å². The number of benzene rings is 1. The summed E-state index contributed by atoms with van der Waals surface area (Å²) in [5, 5.41) is 15.3. The number of amides is 1. The average molecular weight is 334 g/mol. The van der Waals surface area contributed by atoms with E-state index < -0.39 is 0 Å². The molecule has 1 amide bonds. The Morgan fingerprint density at radius 2 is 2.16 bits per heavy atom. The van der Waals surface area contributed by atoms with E-state index in [0.29, 0.717) is 11.4 Å². The van der Waals surface area contributed by atoms with Gasteiger partial charge in [0.05, 0.1) is 13.1 Å². The van der Waals surface area contributed by atoms with Gasteiger partial charge >= 0.3 is 0 Å². The van der Waals surface area contributed by atoms with Crippen molar-refractivity contribution in [3.05, 3.63) is 58.9 Å². The molecular formula is C18H18N6O. The van der Waals surface area contributed by atoms with E-state index in [0.717, 1.165) is 29.7 Å². The van der Waals surface area contributed by atoms with Crippen molar-refractivity contribution in [2.45, 2.75) is 25.8 Å². The van der Waals surface area contributed by atoms with Crippen molar-refractivity contribution in [2.75, 3.05) is 0 Å². The SMILES string of the molecule is Cc1cc(C(=O)NC2CCc3cc(-c4nnn(C)n4)ccc32)ccn1. The molecule has 3 aromatic rings. The van der Waals surface area contributed by atoms with Crippen LogP contribution in [0, 0.1) is 6.92 Å². The second-order valence-electron chi connectivity index (χ2n) is 6.27. The van der Waals surface area contributed by atoms with Gasteiger partial charge in [-0.25, -0.2) is 0 Å². The molecular weight excluding hydrogens is 316 g/mol. The Morgan fingerprint density at radius 3 is 2.92 bits per heavy atom. The highest BCUT2D eigenvalue weighted by molar-refractivity contribution is 5.94. The van der Waals surface area contributed by atoms with Gasteiger partial charge in [-0.05, 0) is 54.3 Å². The molecule has 1 unspecified atom stereocenters. The summed E-state index contributed by atoms with van der Waals surface area (Å²) >= 11 is 0. The minimum absolute atomic E-state index is 0.0276. The number of carbonyl (C=O) groups is 1. The molecule has 7 heteroatoms. The molecule has 0 saturated carbocycles. The highest BCUT2D eigenvalue weighted by Gasteiger charge is 2.25. The number of aryl methyl sites for hydroxylation is 3. The molecule has 1 N–H and O–H groups in total. The first-order valence-corrected chi connectivity index (χ1v) is 8.21. The van der Waals surface area contributed by atoms with Crippen LogP contribution >= 0.6 is 0 Å². The first kappa shape index (κ1) is 15.4. The van der Waals surface area contributed by atoms with Crippen LogP contribution in [0.2, 0.25) is 0 Å². The number of aromatic nitrogens is 5. The van der Waals surface area contributed by atoms with E-state index in [1.165, 1.54) is 10.4 Å². The number of tetrazole rings is 1. The van der Waals surface area contributed by atoms with Gasteiger partial charge in [0, 0.05) is 23.0 Å². The normalized spacial score (nSPS) is 15.8.